The Morgan fingerprint density at radius 3 is 2.19 bits per heavy atom. The zero-order chi connectivity index (χ0) is 15.1. The van der Waals surface area contributed by atoms with E-state index in [1.807, 2.05) is 54.6 Å². The molecule has 0 unspecified atom stereocenters. The highest BCUT2D eigenvalue weighted by Crippen LogP contribution is 2.25. The van der Waals surface area contributed by atoms with Crippen molar-refractivity contribution in [3.8, 4) is 11.5 Å². The molecule has 0 saturated heterocycles. The van der Waals surface area contributed by atoms with Gasteiger partial charge in [0.05, 0.1) is 0 Å². The second kappa shape index (κ2) is 7.70. The van der Waals surface area contributed by atoms with E-state index in [0.717, 1.165) is 22.8 Å². The monoisotopic (exact) mass is 298 g/mol. The van der Waals surface area contributed by atoms with E-state index in [4.69, 9.17) is 4.74 Å². The molecule has 2 aromatic carbocycles. The smallest absolute Gasteiger partial charge is 0.134 e. The minimum Gasteiger partial charge on any atom is -0.457 e. The van der Waals surface area contributed by atoms with Gasteiger partial charge in [-0.15, -0.1) is 18.3 Å². The Bertz CT molecular complexity index is 600. The van der Waals surface area contributed by atoms with Gasteiger partial charge >= 0.3 is 0 Å². The van der Waals surface area contributed by atoms with Crippen LogP contribution in [0.1, 0.15) is 12.5 Å². The molecule has 0 aliphatic rings. The van der Waals surface area contributed by atoms with Crippen molar-refractivity contribution in [1.29, 1.82) is 0 Å². The maximum atomic E-state index is 11.1. The predicted molar refractivity (Wildman–Crippen MR) is 88.3 cm³/mol. The van der Waals surface area contributed by atoms with Crippen LogP contribution in [0.3, 0.4) is 0 Å². The molecule has 21 heavy (non-hydrogen) atoms. The Balaban J connectivity index is 1.97. The highest BCUT2D eigenvalue weighted by atomic mass is 32.2. The fourth-order valence-corrected chi connectivity index (χ4v) is 2.50. The van der Waals surface area contributed by atoms with Crippen LogP contribution in [-0.4, -0.2) is 11.5 Å². The molecule has 0 saturated carbocycles. The third-order valence-corrected chi connectivity index (χ3v) is 3.81. The van der Waals surface area contributed by atoms with Crippen LogP contribution in [0.5, 0.6) is 11.5 Å². The van der Waals surface area contributed by atoms with Crippen molar-refractivity contribution in [1.82, 2.24) is 0 Å². The van der Waals surface area contributed by atoms with E-state index in [9.17, 15) is 4.79 Å². The maximum Gasteiger partial charge on any atom is 0.134 e. The van der Waals surface area contributed by atoms with E-state index in [0.29, 0.717) is 6.42 Å². The third-order valence-electron chi connectivity index (χ3n) is 2.80. The highest BCUT2D eigenvalue weighted by molar-refractivity contribution is 7.99. The van der Waals surface area contributed by atoms with Crippen molar-refractivity contribution in [2.45, 2.75) is 18.2 Å². The van der Waals surface area contributed by atoms with Crippen LogP contribution in [0.25, 0.3) is 0 Å². The minimum atomic E-state index is 0.163. The number of hydrogen-bond acceptors (Lipinski definition) is 3. The number of rotatable bonds is 7. The van der Waals surface area contributed by atoms with Gasteiger partial charge in [0, 0.05) is 17.1 Å². The quantitative estimate of drug-likeness (QED) is 0.538. The van der Waals surface area contributed by atoms with Gasteiger partial charge in [0.1, 0.15) is 17.3 Å². The zero-order valence-electron chi connectivity index (χ0n) is 12.0. The molecule has 0 spiro atoms. The van der Waals surface area contributed by atoms with Crippen LogP contribution in [0, 0.1) is 0 Å². The molecule has 0 fully saturated rings. The van der Waals surface area contributed by atoms with Crippen molar-refractivity contribution >= 4 is 17.5 Å². The third kappa shape index (κ3) is 5.12. The van der Waals surface area contributed by atoms with Gasteiger partial charge in [0.2, 0.25) is 0 Å². The van der Waals surface area contributed by atoms with Crippen LogP contribution < -0.4 is 4.74 Å². The van der Waals surface area contributed by atoms with Crippen LogP contribution >= 0.6 is 11.8 Å². The molecular formula is C18H18O2S. The van der Waals surface area contributed by atoms with Gasteiger partial charge < -0.3 is 4.74 Å². The standard InChI is InChI=1S/C18H18O2S/c1-3-12-21-18-10-8-17(9-11-18)20-16-6-4-15(5-7-16)13-14(2)19/h3-11H,1,12-13H2,2H3. The van der Waals surface area contributed by atoms with Crippen molar-refractivity contribution < 1.29 is 9.53 Å². The lowest BCUT2D eigenvalue weighted by atomic mass is 10.1. The lowest BCUT2D eigenvalue weighted by Crippen LogP contribution is -1.95. The molecule has 2 nitrogen and oxygen atoms in total. The maximum absolute atomic E-state index is 11.1. The lowest BCUT2D eigenvalue weighted by Gasteiger charge is -2.07. The van der Waals surface area contributed by atoms with E-state index in [1.165, 1.54) is 4.90 Å². The first-order valence-corrected chi connectivity index (χ1v) is 7.76. The molecule has 0 aliphatic heterocycles. The van der Waals surface area contributed by atoms with E-state index in [1.54, 1.807) is 18.7 Å². The molecule has 3 heteroatoms. The van der Waals surface area contributed by atoms with Crippen LogP contribution in [-0.2, 0) is 11.2 Å². The SMILES string of the molecule is C=CCSc1ccc(Oc2ccc(CC(C)=O)cc2)cc1. The number of thioether (sulfide) groups is 1. The first kappa shape index (κ1) is 15.4. The van der Waals surface area contributed by atoms with Gasteiger partial charge in [-0.3, -0.25) is 4.79 Å². The van der Waals surface area contributed by atoms with E-state index in [2.05, 4.69) is 6.58 Å². The van der Waals surface area contributed by atoms with E-state index >= 15 is 0 Å². The Labute approximate surface area is 129 Å². The van der Waals surface area contributed by atoms with Gasteiger partial charge in [-0.05, 0) is 48.9 Å². The number of ether oxygens (including phenoxy) is 1. The Morgan fingerprint density at radius 2 is 1.67 bits per heavy atom. The largest absolute Gasteiger partial charge is 0.457 e. The fourth-order valence-electron chi connectivity index (χ4n) is 1.86. The summed E-state index contributed by atoms with van der Waals surface area (Å²) in [5.41, 5.74) is 1.01. The van der Waals surface area contributed by atoms with Gasteiger partial charge in [0.15, 0.2) is 0 Å². The molecule has 0 heterocycles. The van der Waals surface area contributed by atoms with E-state index < -0.39 is 0 Å². The van der Waals surface area contributed by atoms with Gasteiger partial charge in [0.25, 0.3) is 0 Å². The molecule has 0 amide bonds. The molecular weight excluding hydrogens is 280 g/mol. The summed E-state index contributed by atoms with van der Waals surface area (Å²) in [7, 11) is 0. The summed E-state index contributed by atoms with van der Waals surface area (Å²) in [6.45, 7) is 5.30. The summed E-state index contributed by atoms with van der Waals surface area (Å²) in [6.07, 6.45) is 2.35. The number of carbonyl (C=O) groups is 1. The average molecular weight is 298 g/mol. The Hall–Kier alpha value is -2.00. The number of ketones is 1. The molecule has 0 N–H and O–H groups in total. The second-order valence-electron chi connectivity index (χ2n) is 4.70. The Morgan fingerprint density at radius 1 is 1.10 bits per heavy atom. The zero-order valence-corrected chi connectivity index (χ0v) is 12.9. The van der Waals surface area contributed by atoms with Crippen LogP contribution in [0.15, 0.2) is 66.1 Å². The molecule has 0 radical (unpaired) electrons. The van der Waals surface area contributed by atoms with Gasteiger partial charge in [-0.2, -0.15) is 0 Å². The summed E-state index contributed by atoms with van der Waals surface area (Å²) in [4.78, 5) is 12.3. The first-order valence-electron chi connectivity index (χ1n) is 6.77. The van der Waals surface area contributed by atoms with Crippen molar-refractivity contribution in [3.63, 3.8) is 0 Å². The second-order valence-corrected chi connectivity index (χ2v) is 5.79. The summed E-state index contributed by atoms with van der Waals surface area (Å²) < 4.78 is 5.78. The number of carbonyl (C=O) groups excluding carboxylic acids is 1. The molecule has 0 atom stereocenters. The topological polar surface area (TPSA) is 26.3 Å². The summed E-state index contributed by atoms with van der Waals surface area (Å²) in [5, 5.41) is 0. The molecule has 0 aliphatic carbocycles. The number of Topliss-reactive ketones (excluding diaryl/α,β-unsaturated/α-hetero) is 1. The van der Waals surface area contributed by atoms with Gasteiger partial charge in [-0.25, -0.2) is 0 Å². The highest BCUT2D eigenvalue weighted by Gasteiger charge is 2.01. The molecule has 0 aromatic heterocycles. The number of benzene rings is 2. The van der Waals surface area contributed by atoms with Crippen LogP contribution in [0.4, 0.5) is 0 Å². The van der Waals surface area contributed by atoms with Crippen molar-refractivity contribution in [2.75, 3.05) is 5.75 Å². The van der Waals surface area contributed by atoms with E-state index in [-0.39, 0.29) is 5.78 Å². The lowest BCUT2D eigenvalue weighted by molar-refractivity contribution is -0.116. The molecule has 2 aromatic rings. The van der Waals surface area contributed by atoms with Gasteiger partial charge in [-0.1, -0.05) is 18.2 Å². The number of hydrogen-bond donors (Lipinski definition) is 0. The molecule has 108 valence electrons. The fraction of sp³-hybridized carbons (Fsp3) is 0.167. The van der Waals surface area contributed by atoms with Crippen molar-refractivity contribution in [2.24, 2.45) is 0 Å². The molecule has 0 bridgehead atoms. The summed E-state index contributed by atoms with van der Waals surface area (Å²) in [6, 6.07) is 15.6. The van der Waals surface area contributed by atoms with Crippen molar-refractivity contribution in [3.05, 3.63) is 66.7 Å². The first-order chi connectivity index (χ1) is 10.2. The Kier molecular flexibility index (Phi) is 5.64. The normalized spacial score (nSPS) is 10.1. The summed E-state index contributed by atoms with van der Waals surface area (Å²) in [5.74, 6) is 2.64. The predicted octanol–water partition coefficient (Wildman–Crippen LogP) is 4.89. The molecule has 2 rings (SSSR count). The average Bonchev–Trinajstić information content (AvgIpc) is 2.48. The summed E-state index contributed by atoms with van der Waals surface area (Å²) >= 11 is 1.74. The minimum absolute atomic E-state index is 0.163. The van der Waals surface area contributed by atoms with Crippen LogP contribution in [0.2, 0.25) is 0 Å².